The minimum Gasteiger partial charge on any atom is -0.329 e. The Morgan fingerprint density at radius 3 is 1.88 bits per heavy atom. The maximum Gasteiger partial charge on any atom is 0.155 e. The van der Waals surface area contributed by atoms with E-state index in [1.807, 2.05) is 0 Å². The van der Waals surface area contributed by atoms with E-state index in [1.165, 1.54) is 0 Å². The molecule has 0 radical (unpaired) electrons. The Hall–Kier alpha value is 0.440. The third-order valence-electron chi connectivity index (χ3n) is 2.27. The minimum absolute atomic E-state index is 0.00402. The summed E-state index contributed by atoms with van der Waals surface area (Å²) in [6.45, 7) is -0.102. The van der Waals surface area contributed by atoms with Crippen molar-refractivity contribution in [2.24, 2.45) is 5.73 Å². The molecule has 5 nitrogen and oxygen atoms in total. The zero-order valence-electron chi connectivity index (χ0n) is 9.31. The zero-order chi connectivity index (χ0) is 13.5. The van der Waals surface area contributed by atoms with Crippen LogP contribution in [0.5, 0.6) is 0 Å². The monoisotopic (exact) mass is 325 g/mol. The second kappa shape index (κ2) is 7.78. The Bertz CT molecular complexity index is 407. The topological polar surface area (TPSA) is 94.3 Å². The Morgan fingerprint density at radius 2 is 1.47 bits per heavy atom. The summed E-state index contributed by atoms with van der Waals surface area (Å²) in [6, 6.07) is 0. The molecule has 0 spiro atoms. The number of hydrogen-bond donors (Lipinski definition) is 1. The Labute approximate surface area is 112 Å². The van der Waals surface area contributed by atoms with Crippen molar-refractivity contribution in [2.75, 3.05) is 35.6 Å². The molecule has 0 rings (SSSR count). The fourth-order valence-electron chi connectivity index (χ4n) is 1.25. The van der Waals surface area contributed by atoms with Crippen LogP contribution < -0.4 is 5.73 Å². The van der Waals surface area contributed by atoms with E-state index in [9.17, 15) is 16.8 Å². The molecule has 1 unspecified atom stereocenters. The quantitative estimate of drug-likeness (QED) is 0.603. The van der Waals surface area contributed by atoms with Crippen LogP contribution in [0.15, 0.2) is 0 Å². The number of halogens is 2. The van der Waals surface area contributed by atoms with Crippen molar-refractivity contribution < 1.29 is 16.8 Å². The van der Waals surface area contributed by atoms with Crippen molar-refractivity contribution in [3.8, 4) is 0 Å². The smallest absolute Gasteiger partial charge is 0.155 e. The molecule has 0 aliphatic heterocycles. The second-order valence-corrected chi connectivity index (χ2v) is 9.00. The molecular formula is C8H17Cl2NO4S2. The molecule has 0 aromatic heterocycles. The van der Waals surface area contributed by atoms with Gasteiger partial charge in [0, 0.05) is 18.3 Å². The molecule has 0 saturated carbocycles. The van der Waals surface area contributed by atoms with Crippen LogP contribution in [0, 0.1) is 0 Å². The first kappa shape index (κ1) is 17.4. The molecular weight excluding hydrogens is 309 g/mol. The molecule has 0 aliphatic rings. The summed E-state index contributed by atoms with van der Waals surface area (Å²) in [5, 5.41) is -0.855. The van der Waals surface area contributed by atoms with Gasteiger partial charge in [0.15, 0.2) is 19.7 Å². The van der Waals surface area contributed by atoms with Crippen molar-refractivity contribution in [1.82, 2.24) is 0 Å². The fraction of sp³-hybridized carbons (Fsp3) is 1.00. The summed E-state index contributed by atoms with van der Waals surface area (Å²) in [4.78, 5) is 0. The standard InChI is InChI=1S/C8H17Cl2NO4S2/c9-2-5-16(12,13)4-1-8(7-11)17(14,15)6-3-10/h8H,1-7,11H2. The first-order valence-electron chi connectivity index (χ1n) is 5.03. The molecule has 0 heterocycles. The fourth-order valence-corrected chi connectivity index (χ4v) is 5.15. The largest absolute Gasteiger partial charge is 0.329 e. The molecule has 0 amide bonds. The molecule has 0 saturated heterocycles. The summed E-state index contributed by atoms with van der Waals surface area (Å²) >= 11 is 10.7. The van der Waals surface area contributed by atoms with Crippen molar-refractivity contribution in [1.29, 1.82) is 0 Å². The lowest BCUT2D eigenvalue weighted by Crippen LogP contribution is -2.34. The SMILES string of the molecule is NCC(CCS(=O)(=O)CCCl)S(=O)(=O)CCCl. The third kappa shape index (κ3) is 6.81. The maximum atomic E-state index is 11.7. The normalized spacial score (nSPS) is 14.8. The van der Waals surface area contributed by atoms with Crippen LogP contribution in [0.1, 0.15) is 6.42 Å². The van der Waals surface area contributed by atoms with E-state index in [4.69, 9.17) is 28.9 Å². The molecule has 2 N–H and O–H groups in total. The first-order valence-corrected chi connectivity index (χ1v) is 9.63. The number of hydrogen-bond acceptors (Lipinski definition) is 5. The van der Waals surface area contributed by atoms with Gasteiger partial charge in [-0.2, -0.15) is 0 Å². The minimum atomic E-state index is -3.41. The van der Waals surface area contributed by atoms with Crippen molar-refractivity contribution in [3.05, 3.63) is 0 Å². The third-order valence-corrected chi connectivity index (χ3v) is 7.00. The van der Waals surface area contributed by atoms with E-state index < -0.39 is 24.9 Å². The van der Waals surface area contributed by atoms with Gasteiger partial charge in [-0.3, -0.25) is 0 Å². The Morgan fingerprint density at radius 1 is 0.941 bits per heavy atom. The van der Waals surface area contributed by atoms with Crippen molar-refractivity contribution >= 4 is 42.9 Å². The van der Waals surface area contributed by atoms with Gasteiger partial charge in [-0.1, -0.05) is 0 Å². The molecule has 9 heteroatoms. The van der Waals surface area contributed by atoms with Gasteiger partial charge >= 0.3 is 0 Å². The molecule has 0 bridgehead atoms. The number of alkyl halides is 2. The van der Waals surface area contributed by atoms with Gasteiger partial charge in [0.05, 0.1) is 22.5 Å². The molecule has 104 valence electrons. The van der Waals surface area contributed by atoms with E-state index in [0.29, 0.717) is 0 Å². The average Bonchev–Trinajstić information content (AvgIpc) is 2.17. The Balaban J connectivity index is 4.54. The molecule has 0 aliphatic carbocycles. The summed E-state index contributed by atoms with van der Waals surface area (Å²) < 4.78 is 46.1. The van der Waals surface area contributed by atoms with E-state index in [2.05, 4.69) is 0 Å². The Kier molecular flexibility index (Phi) is 7.98. The van der Waals surface area contributed by atoms with Crippen LogP contribution in [0.25, 0.3) is 0 Å². The lowest BCUT2D eigenvalue weighted by atomic mass is 10.3. The zero-order valence-corrected chi connectivity index (χ0v) is 12.5. The van der Waals surface area contributed by atoms with Crippen LogP contribution >= 0.6 is 23.2 Å². The molecule has 1 atom stereocenters. The molecule has 0 aromatic carbocycles. The predicted molar refractivity (Wildman–Crippen MR) is 71.3 cm³/mol. The highest BCUT2D eigenvalue weighted by atomic mass is 35.5. The highest BCUT2D eigenvalue weighted by molar-refractivity contribution is 7.92. The number of sulfone groups is 2. The lowest BCUT2D eigenvalue weighted by Gasteiger charge is -2.14. The van der Waals surface area contributed by atoms with Gasteiger partial charge in [0.1, 0.15) is 0 Å². The first-order chi connectivity index (χ1) is 7.79. The van der Waals surface area contributed by atoms with E-state index >= 15 is 0 Å². The van der Waals surface area contributed by atoms with Gasteiger partial charge in [-0.15, -0.1) is 23.2 Å². The van der Waals surface area contributed by atoms with Gasteiger partial charge in [-0.05, 0) is 6.42 Å². The average molecular weight is 326 g/mol. The second-order valence-electron chi connectivity index (χ2n) is 3.54. The maximum absolute atomic E-state index is 11.7. The summed E-state index contributed by atoms with van der Waals surface area (Å²) in [6.07, 6.45) is -0.00502. The van der Waals surface area contributed by atoms with E-state index in [-0.39, 0.29) is 42.0 Å². The predicted octanol–water partition coefficient (Wildman–Crippen LogP) is 0.0110. The van der Waals surface area contributed by atoms with Crippen LogP contribution in [0.4, 0.5) is 0 Å². The summed E-state index contributed by atoms with van der Waals surface area (Å²) in [5.74, 6) is -0.576. The van der Waals surface area contributed by atoms with Crippen molar-refractivity contribution in [2.45, 2.75) is 11.7 Å². The van der Waals surface area contributed by atoms with Gasteiger partial charge < -0.3 is 5.73 Å². The van der Waals surface area contributed by atoms with Crippen molar-refractivity contribution in [3.63, 3.8) is 0 Å². The highest BCUT2D eigenvalue weighted by Gasteiger charge is 2.25. The van der Waals surface area contributed by atoms with Gasteiger partial charge in [-0.25, -0.2) is 16.8 Å². The van der Waals surface area contributed by atoms with E-state index in [1.54, 1.807) is 0 Å². The number of rotatable bonds is 9. The van der Waals surface area contributed by atoms with Crippen LogP contribution in [-0.4, -0.2) is 57.6 Å². The number of nitrogens with two attached hydrogens (primary N) is 1. The molecule has 0 aromatic rings. The van der Waals surface area contributed by atoms with Gasteiger partial charge in [0.2, 0.25) is 0 Å². The van der Waals surface area contributed by atoms with Crippen LogP contribution in [-0.2, 0) is 19.7 Å². The van der Waals surface area contributed by atoms with E-state index in [0.717, 1.165) is 0 Å². The highest BCUT2D eigenvalue weighted by Crippen LogP contribution is 2.09. The molecule has 17 heavy (non-hydrogen) atoms. The summed E-state index contributed by atoms with van der Waals surface area (Å²) in [5.41, 5.74) is 5.35. The lowest BCUT2D eigenvalue weighted by molar-refractivity contribution is 0.573. The van der Waals surface area contributed by atoms with Gasteiger partial charge in [0.25, 0.3) is 0 Å². The molecule has 0 fully saturated rings. The van der Waals surface area contributed by atoms with Crippen LogP contribution in [0.3, 0.4) is 0 Å². The van der Waals surface area contributed by atoms with Crippen LogP contribution in [0.2, 0.25) is 0 Å². The summed E-state index contributed by atoms with van der Waals surface area (Å²) in [7, 11) is -6.71.